The molecule has 2 saturated heterocycles. The second kappa shape index (κ2) is 4.08. The lowest BCUT2D eigenvalue weighted by Gasteiger charge is -2.37. The second-order valence-electron chi connectivity index (χ2n) is 5.37. The lowest BCUT2D eigenvalue weighted by atomic mass is 9.86. The number of aliphatic hydroxyl groups excluding tert-OH is 1. The molecule has 1 unspecified atom stereocenters. The van der Waals surface area contributed by atoms with Crippen LogP contribution >= 0.6 is 0 Å². The van der Waals surface area contributed by atoms with E-state index in [-0.39, 0.29) is 12.0 Å². The number of nitrogens with one attached hydrogen (secondary N) is 1. The molecule has 1 aromatic rings. The van der Waals surface area contributed by atoms with Crippen molar-refractivity contribution in [3.05, 3.63) is 17.7 Å². The Kier molecular flexibility index (Phi) is 2.69. The molecule has 2 aliphatic heterocycles. The van der Waals surface area contributed by atoms with Gasteiger partial charge in [-0.2, -0.15) is 0 Å². The van der Waals surface area contributed by atoms with Gasteiger partial charge in [-0.1, -0.05) is 0 Å². The van der Waals surface area contributed by atoms with Crippen LogP contribution in [0.5, 0.6) is 0 Å². The van der Waals surface area contributed by atoms with Gasteiger partial charge in [0.25, 0.3) is 0 Å². The summed E-state index contributed by atoms with van der Waals surface area (Å²) in [5.74, 6) is 1.44. The van der Waals surface area contributed by atoms with Gasteiger partial charge in [0.05, 0.1) is 25.2 Å². The van der Waals surface area contributed by atoms with Crippen LogP contribution in [-0.2, 0) is 10.2 Å². The SMILES string of the molecule is CN1CCC(c2cnc(C3(CO)COC3)[nH]2)C1. The van der Waals surface area contributed by atoms with Crippen LogP contribution in [-0.4, -0.2) is 59.9 Å². The Morgan fingerprint density at radius 3 is 3.00 bits per heavy atom. The summed E-state index contributed by atoms with van der Waals surface area (Å²) in [6.45, 7) is 3.48. The predicted octanol–water partition coefficient (Wildman–Crippen LogP) is 0.0891. The smallest absolute Gasteiger partial charge is 0.119 e. The van der Waals surface area contributed by atoms with Gasteiger partial charge in [-0.3, -0.25) is 0 Å². The maximum atomic E-state index is 9.46. The van der Waals surface area contributed by atoms with Gasteiger partial charge in [0.2, 0.25) is 0 Å². The van der Waals surface area contributed by atoms with Gasteiger partial charge in [0.1, 0.15) is 5.82 Å². The summed E-state index contributed by atoms with van der Waals surface area (Å²) in [7, 11) is 2.15. The fourth-order valence-electron chi connectivity index (χ4n) is 2.65. The molecule has 3 rings (SSSR count). The summed E-state index contributed by atoms with van der Waals surface area (Å²) in [6.07, 6.45) is 3.11. The number of hydrogen-bond acceptors (Lipinski definition) is 4. The van der Waals surface area contributed by atoms with Crippen LogP contribution in [0.25, 0.3) is 0 Å². The first-order chi connectivity index (χ1) is 8.23. The van der Waals surface area contributed by atoms with Crippen molar-refractivity contribution in [1.29, 1.82) is 0 Å². The summed E-state index contributed by atoms with van der Waals surface area (Å²) in [5.41, 5.74) is 0.923. The summed E-state index contributed by atoms with van der Waals surface area (Å²) in [4.78, 5) is 10.2. The first kappa shape index (κ1) is 11.2. The average molecular weight is 237 g/mol. The Hall–Kier alpha value is -0.910. The zero-order valence-electron chi connectivity index (χ0n) is 10.1. The van der Waals surface area contributed by atoms with Gasteiger partial charge in [-0.15, -0.1) is 0 Å². The molecule has 0 radical (unpaired) electrons. The lowest BCUT2D eigenvalue weighted by Crippen LogP contribution is -2.50. The van der Waals surface area contributed by atoms with Gasteiger partial charge < -0.3 is 19.7 Å². The number of likely N-dealkylation sites (N-methyl/N-ethyl adjacent to an activating group) is 1. The zero-order chi connectivity index (χ0) is 11.9. The molecular formula is C12H19N3O2. The van der Waals surface area contributed by atoms with Crippen molar-refractivity contribution in [2.75, 3.05) is 40.0 Å². The minimum Gasteiger partial charge on any atom is -0.395 e. The number of likely N-dealkylation sites (tertiary alicyclic amines) is 1. The first-order valence-electron chi connectivity index (χ1n) is 6.16. The van der Waals surface area contributed by atoms with Crippen molar-refractivity contribution >= 4 is 0 Å². The summed E-state index contributed by atoms with van der Waals surface area (Å²) < 4.78 is 5.21. The Balaban J connectivity index is 1.78. The number of nitrogens with zero attached hydrogens (tertiary/aromatic N) is 2. The van der Waals surface area contributed by atoms with E-state index >= 15 is 0 Å². The zero-order valence-corrected chi connectivity index (χ0v) is 10.1. The van der Waals surface area contributed by atoms with Crippen molar-refractivity contribution in [2.24, 2.45) is 0 Å². The Bertz CT molecular complexity index is 395. The molecule has 5 nitrogen and oxygen atoms in total. The molecule has 3 heterocycles. The fraction of sp³-hybridized carbons (Fsp3) is 0.750. The largest absolute Gasteiger partial charge is 0.395 e. The van der Waals surface area contributed by atoms with E-state index in [1.807, 2.05) is 6.20 Å². The van der Waals surface area contributed by atoms with Gasteiger partial charge in [-0.25, -0.2) is 4.98 Å². The fourth-order valence-corrected chi connectivity index (χ4v) is 2.65. The highest BCUT2D eigenvalue weighted by molar-refractivity contribution is 5.19. The third-order valence-corrected chi connectivity index (χ3v) is 3.99. The third kappa shape index (κ3) is 1.78. The Morgan fingerprint density at radius 2 is 2.47 bits per heavy atom. The van der Waals surface area contributed by atoms with E-state index in [0.717, 1.165) is 18.9 Å². The summed E-state index contributed by atoms with van der Waals surface area (Å²) >= 11 is 0. The highest BCUT2D eigenvalue weighted by Crippen LogP contribution is 2.32. The number of ether oxygens (including phenoxy) is 1. The Morgan fingerprint density at radius 1 is 1.65 bits per heavy atom. The van der Waals surface area contributed by atoms with Crippen LogP contribution in [0.1, 0.15) is 23.9 Å². The van der Waals surface area contributed by atoms with Gasteiger partial charge in [0, 0.05) is 24.4 Å². The second-order valence-corrected chi connectivity index (χ2v) is 5.37. The molecule has 1 atom stereocenters. The number of aromatic amines is 1. The number of rotatable bonds is 3. The molecule has 1 aromatic heterocycles. The van der Waals surface area contributed by atoms with Crippen LogP contribution in [0.15, 0.2) is 6.20 Å². The number of imidazole rings is 1. The van der Waals surface area contributed by atoms with Gasteiger partial charge in [0.15, 0.2) is 0 Å². The predicted molar refractivity (Wildman–Crippen MR) is 63.0 cm³/mol. The molecule has 2 N–H and O–H groups in total. The van der Waals surface area contributed by atoms with Crippen molar-refractivity contribution in [1.82, 2.24) is 14.9 Å². The minimum absolute atomic E-state index is 0.102. The average Bonchev–Trinajstić information content (AvgIpc) is 2.86. The van der Waals surface area contributed by atoms with Crippen molar-refractivity contribution in [3.8, 4) is 0 Å². The highest BCUT2D eigenvalue weighted by atomic mass is 16.5. The van der Waals surface area contributed by atoms with Crippen molar-refractivity contribution < 1.29 is 9.84 Å². The van der Waals surface area contributed by atoms with Crippen LogP contribution in [0.4, 0.5) is 0 Å². The highest BCUT2D eigenvalue weighted by Gasteiger charge is 2.42. The third-order valence-electron chi connectivity index (χ3n) is 3.99. The van der Waals surface area contributed by atoms with Crippen LogP contribution in [0, 0.1) is 0 Å². The first-order valence-corrected chi connectivity index (χ1v) is 6.16. The van der Waals surface area contributed by atoms with E-state index in [2.05, 4.69) is 21.9 Å². The van der Waals surface area contributed by atoms with Crippen LogP contribution in [0.3, 0.4) is 0 Å². The maximum absolute atomic E-state index is 9.46. The van der Waals surface area contributed by atoms with Crippen LogP contribution in [0.2, 0.25) is 0 Å². The van der Waals surface area contributed by atoms with Gasteiger partial charge >= 0.3 is 0 Å². The molecule has 0 bridgehead atoms. The molecule has 2 aliphatic rings. The van der Waals surface area contributed by atoms with E-state index in [0.29, 0.717) is 19.1 Å². The number of aromatic nitrogens is 2. The van der Waals surface area contributed by atoms with E-state index in [4.69, 9.17) is 4.74 Å². The topological polar surface area (TPSA) is 61.4 Å². The Labute approximate surface area is 101 Å². The number of hydrogen-bond donors (Lipinski definition) is 2. The van der Waals surface area contributed by atoms with E-state index in [9.17, 15) is 5.11 Å². The summed E-state index contributed by atoms with van der Waals surface area (Å²) in [6, 6.07) is 0. The minimum atomic E-state index is -0.275. The molecule has 17 heavy (non-hydrogen) atoms. The molecule has 0 aromatic carbocycles. The molecule has 2 fully saturated rings. The maximum Gasteiger partial charge on any atom is 0.119 e. The standard InChI is InChI=1S/C12H19N3O2/c1-15-3-2-9(5-15)10-4-13-11(14-10)12(6-16)7-17-8-12/h4,9,16H,2-3,5-8H2,1H3,(H,13,14). The lowest BCUT2D eigenvalue weighted by molar-refractivity contribution is -0.0881. The monoisotopic (exact) mass is 237 g/mol. The normalized spacial score (nSPS) is 28.2. The van der Waals surface area contributed by atoms with Gasteiger partial charge in [-0.05, 0) is 20.0 Å². The number of H-pyrrole nitrogens is 1. The van der Waals surface area contributed by atoms with E-state index in [1.165, 1.54) is 12.1 Å². The molecule has 0 saturated carbocycles. The number of aliphatic hydroxyl groups is 1. The molecule has 5 heteroatoms. The van der Waals surface area contributed by atoms with E-state index in [1.54, 1.807) is 0 Å². The molecular weight excluding hydrogens is 218 g/mol. The van der Waals surface area contributed by atoms with Crippen LogP contribution < -0.4 is 0 Å². The molecule has 0 amide bonds. The van der Waals surface area contributed by atoms with Crippen molar-refractivity contribution in [2.45, 2.75) is 17.8 Å². The van der Waals surface area contributed by atoms with E-state index < -0.39 is 0 Å². The quantitative estimate of drug-likeness (QED) is 0.782. The molecule has 0 aliphatic carbocycles. The van der Waals surface area contributed by atoms with Crippen molar-refractivity contribution in [3.63, 3.8) is 0 Å². The molecule has 94 valence electrons. The molecule has 0 spiro atoms. The summed E-state index contributed by atoms with van der Waals surface area (Å²) in [5, 5.41) is 9.46.